The second-order valence-corrected chi connectivity index (χ2v) is 9.50. The van der Waals surface area contributed by atoms with Crippen LogP contribution in [0.4, 0.5) is 5.69 Å². The van der Waals surface area contributed by atoms with Crippen molar-refractivity contribution < 1.29 is 17.9 Å². The molecule has 1 aromatic rings. The molecular weight excluding hydrogens is 382 g/mol. The van der Waals surface area contributed by atoms with Crippen molar-refractivity contribution in [1.29, 1.82) is 0 Å². The minimum absolute atomic E-state index is 0.123. The molecule has 0 amide bonds. The monoisotopic (exact) mass is 403 g/mol. The van der Waals surface area contributed by atoms with Gasteiger partial charge in [0.2, 0.25) is 0 Å². The second-order valence-electron chi connectivity index (χ2n) is 6.65. The van der Waals surface area contributed by atoms with Crippen molar-refractivity contribution in [2.24, 2.45) is 0 Å². The molecular formula is C16H22BrNO4S. The summed E-state index contributed by atoms with van der Waals surface area (Å²) in [5, 5.41) is 0. The van der Waals surface area contributed by atoms with Crippen LogP contribution in [0.15, 0.2) is 27.6 Å². The molecule has 128 valence electrons. The highest BCUT2D eigenvalue weighted by molar-refractivity contribution is 9.10. The van der Waals surface area contributed by atoms with Crippen molar-refractivity contribution in [3.63, 3.8) is 0 Å². The molecule has 0 radical (unpaired) electrons. The number of esters is 1. The van der Waals surface area contributed by atoms with E-state index in [1.54, 1.807) is 39.0 Å². The Hall–Kier alpha value is -1.08. The number of rotatable bonds is 4. The van der Waals surface area contributed by atoms with Crippen molar-refractivity contribution in [1.82, 2.24) is 0 Å². The van der Waals surface area contributed by atoms with E-state index in [4.69, 9.17) is 4.74 Å². The number of ether oxygens (including phenoxy) is 1. The van der Waals surface area contributed by atoms with Crippen LogP contribution in [-0.4, -0.2) is 38.8 Å². The van der Waals surface area contributed by atoms with Crippen molar-refractivity contribution >= 4 is 37.4 Å². The van der Waals surface area contributed by atoms with Crippen LogP contribution in [0.3, 0.4) is 0 Å². The third-order valence-electron chi connectivity index (χ3n) is 3.45. The van der Waals surface area contributed by atoms with Crippen molar-refractivity contribution in [3.8, 4) is 0 Å². The van der Waals surface area contributed by atoms with Gasteiger partial charge in [0, 0.05) is 17.6 Å². The predicted octanol–water partition coefficient (Wildman–Crippen LogP) is 3.16. The van der Waals surface area contributed by atoms with Crippen LogP contribution in [-0.2, 0) is 19.4 Å². The number of halogens is 1. The molecule has 1 aromatic carbocycles. The molecule has 1 fully saturated rings. The van der Waals surface area contributed by atoms with Gasteiger partial charge in [-0.3, -0.25) is 4.79 Å². The van der Waals surface area contributed by atoms with Crippen molar-refractivity contribution in [2.75, 3.05) is 23.7 Å². The number of carbonyl (C=O) groups excluding carboxylic acids is 1. The van der Waals surface area contributed by atoms with Gasteiger partial charge >= 0.3 is 5.97 Å². The lowest BCUT2D eigenvalue weighted by Crippen LogP contribution is -2.28. The fourth-order valence-corrected chi connectivity index (χ4v) is 4.39. The summed E-state index contributed by atoms with van der Waals surface area (Å²) in [6, 6.07) is 4.91. The minimum atomic E-state index is -3.72. The van der Waals surface area contributed by atoms with Crippen LogP contribution < -0.4 is 4.90 Å². The lowest BCUT2D eigenvalue weighted by atomic mass is 10.2. The topological polar surface area (TPSA) is 63.7 Å². The Kier molecular flexibility index (Phi) is 5.41. The van der Waals surface area contributed by atoms with Crippen LogP contribution in [0.25, 0.3) is 0 Å². The highest BCUT2D eigenvalue weighted by atomic mass is 79.9. The van der Waals surface area contributed by atoms with Gasteiger partial charge < -0.3 is 9.64 Å². The highest BCUT2D eigenvalue weighted by Gasteiger charge is 2.25. The first-order valence-electron chi connectivity index (χ1n) is 7.58. The zero-order chi connectivity index (χ0) is 17.3. The summed E-state index contributed by atoms with van der Waals surface area (Å²) in [7, 11) is -3.72. The number of benzene rings is 1. The quantitative estimate of drug-likeness (QED) is 0.722. The highest BCUT2D eigenvalue weighted by Crippen LogP contribution is 2.31. The number of nitrogens with zero attached hydrogens (tertiary/aromatic N) is 1. The second kappa shape index (κ2) is 6.81. The first-order chi connectivity index (χ1) is 10.6. The molecule has 2 rings (SSSR count). The Balaban J connectivity index is 2.17. The molecule has 7 heteroatoms. The number of sulfone groups is 1. The number of anilines is 1. The first kappa shape index (κ1) is 18.3. The van der Waals surface area contributed by atoms with Crippen LogP contribution in [0.5, 0.6) is 0 Å². The van der Waals surface area contributed by atoms with Crippen molar-refractivity contribution in [2.45, 2.75) is 44.1 Å². The van der Waals surface area contributed by atoms with Gasteiger partial charge in [-0.15, -0.1) is 0 Å². The summed E-state index contributed by atoms with van der Waals surface area (Å²) < 4.78 is 30.6. The van der Waals surface area contributed by atoms with E-state index in [0.717, 1.165) is 36.1 Å². The molecule has 0 atom stereocenters. The maximum Gasteiger partial charge on any atom is 0.322 e. The Morgan fingerprint density at radius 1 is 1.26 bits per heavy atom. The molecule has 1 saturated heterocycles. The third-order valence-corrected chi connectivity index (χ3v) is 5.68. The molecule has 0 N–H and O–H groups in total. The van der Waals surface area contributed by atoms with Gasteiger partial charge in [0.15, 0.2) is 15.6 Å². The summed E-state index contributed by atoms with van der Waals surface area (Å²) in [6.45, 7) is 7.07. The Bertz CT molecular complexity index is 689. The normalized spacial score (nSPS) is 15.7. The molecule has 0 spiro atoms. The van der Waals surface area contributed by atoms with Gasteiger partial charge in [-0.1, -0.05) is 0 Å². The molecule has 1 aliphatic rings. The number of hydrogen-bond acceptors (Lipinski definition) is 5. The standard InChI is InChI=1S/C16H22BrNO4S/c1-16(2,3)22-15(19)11-23(20,21)12-6-7-14(13(17)10-12)18-8-4-5-9-18/h6-7,10H,4-5,8-9,11H2,1-3H3. The smallest absolute Gasteiger partial charge is 0.322 e. The minimum Gasteiger partial charge on any atom is -0.459 e. The third kappa shape index (κ3) is 4.94. The maximum absolute atomic E-state index is 12.4. The molecule has 0 aromatic heterocycles. The Morgan fingerprint density at radius 3 is 2.39 bits per heavy atom. The van der Waals surface area contributed by atoms with Gasteiger partial charge in [-0.25, -0.2) is 8.42 Å². The largest absolute Gasteiger partial charge is 0.459 e. The summed E-state index contributed by atoms with van der Waals surface area (Å²) in [5.74, 6) is -1.39. The molecule has 5 nitrogen and oxygen atoms in total. The van der Waals surface area contributed by atoms with Crippen LogP contribution in [0.2, 0.25) is 0 Å². The predicted molar refractivity (Wildman–Crippen MR) is 93.5 cm³/mol. The Labute approximate surface area is 146 Å². The summed E-state index contributed by atoms with van der Waals surface area (Å²) in [5.41, 5.74) is 0.283. The van der Waals surface area contributed by atoms with E-state index in [1.807, 2.05) is 0 Å². The van der Waals surface area contributed by atoms with Crippen LogP contribution in [0.1, 0.15) is 33.6 Å². The van der Waals surface area contributed by atoms with Crippen LogP contribution >= 0.6 is 15.9 Å². The van der Waals surface area contributed by atoms with E-state index in [9.17, 15) is 13.2 Å². The summed E-state index contributed by atoms with van der Waals surface area (Å²) in [4.78, 5) is 14.1. The lowest BCUT2D eigenvalue weighted by molar-refractivity contribution is -0.151. The Morgan fingerprint density at radius 2 is 1.87 bits per heavy atom. The van der Waals surface area contributed by atoms with Gasteiger partial charge in [-0.2, -0.15) is 0 Å². The van der Waals surface area contributed by atoms with E-state index in [2.05, 4.69) is 20.8 Å². The van der Waals surface area contributed by atoms with E-state index < -0.39 is 27.2 Å². The molecule has 1 heterocycles. The molecule has 0 bridgehead atoms. The van der Waals surface area contributed by atoms with Gasteiger partial charge in [0.05, 0.1) is 10.6 Å². The van der Waals surface area contributed by atoms with E-state index in [0.29, 0.717) is 0 Å². The SMILES string of the molecule is CC(C)(C)OC(=O)CS(=O)(=O)c1ccc(N2CCCC2)c(Br)c1. The number of carbonyl (C=O) groups is 1. The zero-order valence-electron chi connectivity index (χ0n) is 13.6. The number of hydrogen-bond donors (Lipinski definition) is 0. The lowest BCUT2D eigenvalue weighted by Gasteiger charge is -2.20. The van der Waals surface area contributed by atoms with Crippen LogP contribution in [0, 0.1) is 0 Å². The van der Waals surface area contributed by atoms with Gasteiger partial charge in [0.25, 0.3) is 0 Å². The van der Waals surface area contributed by atoms with E-state index in [1.165, 1.54) is 0 Å². The van der Waals surface area contributed by atoms with Gasteiger partial charge in [-0.05, 0) is 67.7 Å². The first-order valence-corrected chi connectivity index (χ1v) is 10.0. The summed E-state index contributed by atoms with van der Waals surface area (Å²) in [6.07, 6.45) is 2.29. The van der Waals surface area contributed by atoms with Crippen molar-refractivity contribution in [3.05, 3.63) is 22.7 Å². The fraction of sp³-hybridized carbons (Fsp3) is 0.562. The summed E-state index contributed by atoms with van der Waals surface area (Å²) >= 11 is 3.44. The average molecular weight is 404 g/mol. The zero-order valence-corrected chi connectivity index (χ0v) is 16.0. The maximum atomic E-state index is 12.4. The fourth-order valence-electron chi connectivity index (χ4n) is 2.51. The van der Waals surface area contributed by atoms with E-state index >= 15 is 0 Å². The average Bonchev–Trinajstić information content (AvgIpc) is 2.89. The van der Waals surface area contributed by atoms with Gasteiger partial charge in [0.1, 0.15) is 5.60 Å². The molecule has 0 unspecified atom stereocenters. The molecule has 1 aliphatic heterocycles. The van der Waals surface area contributed by atoms with E-state index in [-0.39, 0.29) is 4.90 Å². The molecule has 0 saturated carbocycles. The molecule has 0 aliphatic carbocycles. The molecule has 23 heavy (non-hydrogen) atoms.